The summed E-state index contributed by atoms with van der Waals surface area (Å²) in [6.45, 7) is 1.09. The van der Waals surface area contributed by atoms with Gasteiger partial charge in [0.05, 0.1) is 11.9 Å². The second-order valence-corrected chi connectivity index (χ2v) is 8.24. The fourth-order valence-electron chi connectivity index (χ4n) is 5.12. The SMILES string of the molecule is O=C1CCCC2C1C1(CC3c4ccccc4CCN32)OCS1. The van der Waals surface area contributed by atoms with Gasteiger partial charge in [-0.2, -0.15) is 0 Å². The third-order valence-electron chi connectivity index (χ3n) is 6.09. The molecule has 4 atom stereocenters. The molecule has 1 saturated carbocycles. The first-order valence-corrected chi connectivity index (χ1v) is 9.41. The van der Waals surface area contributed by atoms with Crippen molar-refractivity contribution in [1.29, 1.82) is 0 Å². The van der Waals surface area contributed by atoms with E-state index in [1.807, 2.05) is 11.8 Å². The lowest BCUT2D eigenvalue weighted by molar-refractivity contribution is -0.157. The van der Waals surface area contributed by atoms with Crippen molar-refractivity contribution in [1.82, 2.24) is 4.90 Å². The summed E-state index contributed by atoms with van der Waals surface area (Å²) in [5.74, 6) is 1.30. The molecule has 4 aliphatic rings. The van der Waals surface area contributed by atoms with Gasteiger partial charge in [0.15, 0.2) is 0 Å². The summed E-state index contributed by atoms with van der Waals surface area (Å²) in [6, 6.07) is 9.68. The summed E-state index contributed by atoms with van der Waals surface area (Å²) in [4.78, 5) is 15.0. The van der Waals surface area contributed by atoms with Crippen LogP contribution in [-0.2, 0) is 16.0 Å². The van der Waals surface area contributed by atoms with E-state index in [4.69, 9.17) is 4.74 Å². The highest BCUT2D eigenvalue weighted by Gasteiger charge is 2.60. The molecule has 1 aromatic carbocycles. The number of thioether (sulfide) groups is 1. The maximum atomic E-state index is 12.6. The number of hydrogen-bond acceptors (Lipinski definition) is 4. The minimum atomic E-state index is -0.228. The molecule has 116 valence electrons. The smallest absolute Gasteiger partial charge is 0.141 e. The Morgan fingerprint density at radius 2 is 2.14 bits per heavy atom. The number of Topliss-reactive ketones (excluding diaryl/α,β-unsaturated/α-hetero) is 1. The molecule has 3 fully saturated rings. The monoisotopic (exact) mass is 315 g/mol. The Morgan fingerprint density at radius 3 is 2.95 bits per heavy atom. The van der Waals surface area contributed by atoms with Crippen molar-refractivity contribution < 1.29 is 9.53 Å². The highest BCUT2D eigenvalue weighted by atomic mass is 32.2. The van der Waals surface area contributed by atoms with Crippen molar-refractivity contribution in [2.75, 3.05) is 12.5 Å². The van der Waals surface area contributed by atoms with Crippen LogP contribution < -0.4 is 0 Å². The number of rotatable bonds is 0. The molecule has 1 aliphatic carbocycles. The highest BCUT2D eigenvalue weighted by Crippen LogP contribution is 2.58. The number of benzene rings is 1. The van der Waals surface area contributed by atoms with Crippen molar-refractivity contribution in [2.24, 2.45) is 5.92 Å². The van der Waals surface area contributed by atoms with Crippen LogP contribution in [-0.4, -0.2) is 34.1 Å². The van der Waals surface area contributed by atoms with Crippen LogP contribution in [0.25, 0.3) is 0 Å². The number of carbonyl (C=O) groups excluding carboxylic acids is 1. The molecule has 0 amide bonds. The minimum absolute atomic E-state index is 0.0986. The zero-order chi connectivity index (χ0) is 14.7. The van der Waals surface area contributed by atoms with E-state index in [1.54, 1.807) is 0 Å². The summed E-state index contributed by atoms with van der Waals surface area (Å²) in [5.41, 5.74) is 2.96. The lowest BCUT2D eigenvalue weighted by Gasteiger charge is -2.60. The molecule has 0 aromatic heterocycles. The summed E-state index contributed by atoms with van der Waals surface area (Å²) in [6.07, 6.45) is 5.04. The Hall–Kier alpha value is -0.840. The van der Waals surface area contributed by atoms with Gasteiger partial charge in [0, 0.05) is 31.5 Å². The summed E-state index contributed by atoms with van der Waals surface area (Å²) in [5, 5.41) is 0. The Kier molecular flexibility index (Phi) is 2.98. The first-order chi connectivity index (χ1) is 10.8. The number of carbonyl (C=O) groups is 1. The molecular formula is C18H21NO2S. The van der Waals surface area contributed by atoms with Crippen LogP contribution in [0.15, 0.2) is 24.3 Å². The molecule has 3 heterocycles. The lowest BCUT2D eigenvalue weighted by Crippen LogP contribution is -2.65. The number of fused-ring (bicyclic) bond motifs is 6. The van der Waals surface area contributed by atoms with Crippen LogP contribution in [0.4, 0.5) is 0 Å². The van der Waals surface area contributed by atoms with Crippen LogP contribution in [0.1, 0.15) is 42.9 Å². The Labute approximate surface area is 135 Å². The van der Waals surface area contributed by atoms with E-state index < -0.39 is 0 Å². The third kappa shape index (κ3) is 1.75. The van der Waals surface area contributed by atoms with E-state index in [0.717, 1.165) is 44.6 Å². The maximum absolute atomic E-state index is 12.6. The Bertz CT molecular complexity index is 627. The van der Waals surface area contributed by atoms with Crippen molar-refractivity contribution >= 4 is 17.5 Å². The van der Waals surface area contributed by atoms with E-state index in [9.17, 15) is 4.79 Å². The fourth-order valence-corrected chi connectivity index (χ4v) is 6.28. The van der Waals surface area contributed by atoms with Gasteiger partial charge in [-0.3, -0.25) is 9.69 Å². The van der Waals surface area contributed by atoms with Gasteiger partial charge in [-0.05, 0) is 30.4 Å². The van der Waals surface area contributed by atoms with Crippen LogP contribution in [0.5, 0.6) is 0 Å². The third-order valence-corrected chi connectivity index (χ3v) is 7.36. The first-order valence-electron chi connectivity index (χ1n) is 8.43. The molecular weight excluding hydrogens is 294 g/mol. The summed E-state index contributed by atoms with van der Waals surface area (Å²) >= 11 is 1.88. The molecule has 1 aromatic rings. The van der Waals surface area contributed by atoms with Gasteiger partial charge in [0.2, 0.25) is 0 Å². The summed E-state index contributed by atoms with van der Waals surface area (Å²) < 4.78 is 6.08. The molecule has 3 aliphatic heterocycles. The van der Waals surface area contributed by atoms with Gasteiger partial charge in [0.25, 0.3) is 0 Å². The largest absolute Gasteiger partial charge is 0.353 e. The number of ether oxygens (including phenoxy) is 1. The second kappa shape index (κ2) is 4.83. The van der Waals surface area contributed by atoms with E-state index in [2.05, 4.69) is 29.2 Å². The topological polar surface area (TPSA) is 29.5 Å². The fraction of sp³-hybridized carbons (Fsp3) is 0.611. The molecule has 4 unspecified atom stereocenters. The van der Waals surface area contributed by atoms with Crippen molar-refractivity contribution in [3.63, 3.8) is 0 Å². The van der Waals surface area contributed by atoms with Crippen LogP contribution in [0, 0.1) is 5.92 Å². The molecule has 3 nitrogen and oxygen atoms in total. The number of hydrogen-bond donors (Lipinski definition) is 0. The Balaban J connectivity index is 1.59. The van der Waals surface area contributed by atoms with Crippen molar-refractivity contribution in [2.45, 2.75) is 49.1 Å². The molecule has 4 heteroatoms. The van der Waals surface area contributed by atoms with Gasteiger partial charge < -0.3 is 4.74 Å². The molecule has 22 heavy (non-hydrogen) atoms. The van der Waals surface area contributed by atoms with E-state index in [-0.39, 0.29) is 10.9 Å². The number of nitrogens with zero attached hydrogens (tertiary/aromatic N) is 1. The highest BCUT2D eigenvalue weighted by molar-refractivity contribution is 8.01. The van der Waals surface area contributed by atoms with Crippen molar-refractivity contribution in [3.8, 4) is 0 Å². The van der Waals surface area contributed by atoms with Gasteiger partial charge >= 0.3 is 0 Å². The number of piperidine rings is 1. The normalized spacial score (nSPS) is 40.5. The predicted octanol–water partition coefficient (Wildman–Crippen LogP) is 3.14. The maximum Gasteiger partial charge on any atom is 0.141 e. The molecule has 1 spiro atoms. The quantitative estimate of drug-likeness (QED) is 0.735. The summed E-state index contributed by atoms with van der Waals surface area (Å²) in [7, 11) is 0. The average Bonchev–Trinajstić information content (AvgIpc) is 2.52. The van der Waals surface area contributed by atoms with Gasteiger partial charge in [-0.25, -0.2) is 0 Å². The van der Waals surface area contributed by atoms with Gasteiger partial charge in [-0.1, -0.05) is 36.0 Å². The molecule has 0 N–H and O–H groups in total. The zero-order valence-corrected chi connectivity index (χ0v) is 13.5. The van der Waals surface area contributed by atoms with E-state index in [0.29, 0.717) is 17.9 Å². The van der Waals surface area contributed by atoms with Crippen LogP contribution >= 0.6 is 11.8 Å². The average molecular weight is 315 g/mol. The first kappa shape index (κ1) is 13.6. The van der Waals surface area contributed by atoms with E-state index >= 15 is 0 Å². The molecule has 5 rings (SSSR count). The van der Waals surface area contributed by atoms with Crippen LogP contribution in [0.2, 0.25) is 0 Å². The zero-order valence-electron chi connectivity index (χ0n) is 12.7. The standard InChI is InChI=1S/C18H21NO2S/c20-16-7-3-6-14-17(16)18(21-11-22-18)10-15-13-5-2-1-4-12(13)8-9-19(14)15/h1-2,4-5,14-15,17H,3,6-11H2. The van der Waals surface area contributed by atoms with E-state index in [1.165, 1.54) is 11.1 Å². The minimum Gasteiger partial charge on any atom is -0.353 e. The lowest BCUT2D eigenvalue weighted by atomic mass is 9.70. The van der Waals surface area contributed by atoms with Gasteiger partial charge in [-0.15, -0.1) is 0 Å². The van der Waals surface area contributed by atoms with Crippen molar-refractivity contribution in [3.05, 3.63) is 35.4 Å². The predicted molar refractivity (Wildman–Crippen MR) is 86.6 cm³/mol. The Morgan fingerprint density at radius 1 is 1.27 bits per heavy atom. The van der Waals surface area contributed by atoms with Gasteiger partial charge in [0.1, 0.15) is 10.7 Å². The molecule has 2 saturated heterocycles. The molecule has 0 radical (unpaired) electrons. The molecule has 0 bridgehead atoms. The number of ketones is 1. The second-order valence-electron chi connectivity index (χ2n) is 7.03. The van der Waals surface area contributed by atoms with Crippen LogP contribution in [0.3, 0.4) is 0 Å².